The molecule has 0 fully saturated rings. The fraction of sp³-hybridized carbons (Fsp3) is 0.304. The Balaban J connectivity index is 1.93. The van der Waals surface area contributed by atoms with Crippen molar-refractivity contribution in [3.8, 4) is 0 Å². The van der Waals surface area contributed by atoms with Gasteiger partial charge in [-0.05, 0) is 41.7 Å². The first-order valence-electron chi connectivity index (χ1n) is 9.36. The maximum atomic E-state index is 13.3. The quantitative estimate of drug-likeness (QED) is 0.591. The number of ketones is 1. The third kappa shape index (κ3) is 3.38. The van der Waals surface area contributed by atoms with Crippen molar-refractivity contribution in [2.24, 2.45) is 5.41 Å². The third-order valence-corrected chi connectivity index (χ3v) is 6.04. The lowest BCUT2D eigenvalue weighted by Crippen LogP contribution is -2.43. The molecule has 4 rings (SSSR count). The number of anilines is 1. The zero-order valence-corrected chi connectivity index (χ0v) is 17.3. The molecule has 2 aromatic carbocycles. The number of carbonyl (C=O) groups excluding carboxylic acids is 2. The molecule has 1 atom stereocenters. The number of rotatable bonds is 2. The zero-order chi connectivity index (χ0) is 20.1. The molecule has 1 unspecified atom stereocenters. The number of allylic oxidation sites excluding steroid dienone is 2. The van der Waals surface area contributed by atoms with Crippen LogP contribution in [0.2, 0.25) is 10.0 Å². The molecule has 1 heterocycles. The van der Waals surface area contributed by atoms with Gasteiger partial charge in [-0.1, -0.05) is 61.3 Å². The van der Waals surface area contributed by atoms with Crippen LogP contribution < -0.4 is 4.90 Å². The molecule has 1 aliphatic carbocycles. The number of hydrogen-bond acceptors (Lipinski definition) is 2. The molecule has 0 saturated carbocycles. The first kappa shape index (κ1) is 19.2. The van der Waals surface area contributed by atoms with Crippen LogP contribution in [0, 0.1) is 5.41 Å². The lowest BCUT2D eigenvalue weighted by atomic mass is 9.69. The number of nitrogens with zero attached hydrogens (tertiary/aromatic N) is 1. The number of para-hydroxylation sites is 1. The Kier molecular flexibility index (Phi) is 4.84. The van der Waals surface area contributed by atoms with E-state index in [0.29, 0.717) is 28.6 Å². The summed E-state index contributed by atoms with van der Waals surface area (Å²) in [4.78, 5) is 28.2. The van der Waals surface area contributed by atoms with E-state index in [0.717, 1.165) is 16.8 Å². The summed E-state index contributed by atoms with van der Waals surface area (Å²) >= 11 is 12.6. The van der Waals surface area contributed by atoms with E-state index in [-0.39, 0.29) is 29.4 Å². The highest BCUT2D eigenvalue weighted by molar-refractivity contribution is 6.34. The monoisotopic (exact) mass is 413 g/mol. The SMILES string of the molecule is CC1(C)CC(=O)C2=C(C1)N(c1ccccc1Cl)C(=O)CC2c1cccc(Cl)c1. The molecule has 0 aromatic heterocycles. The van der Waals surface area contributed by atoms with Gasteiger partial charge in [-0.15, -0.1) is 0 Å². The maximum absolute atomic E-state index is 13.3. The van der Waals surface area contributed by atoms with Gasteiger partial charge in [0.05, 0.1) is 10.7 Å². The van der Waals surface area contributed by atoms with E-state index in [2.05, 4.69) is 13.8 Å². The molecule has 1 aliphatic heterocycles. The second-order valence-corrected chi connectivity index (χ2v) is 9.14. The van der Waals surface area contributed by atoms with Crippen molar-refractivity contribution >= 4 is 40.6 Å². The van der Waals surface area contributed by atoms with Crippen LogP contribution in [-0.4, -0.2) is 11.7 Å². The molecule has 5 heteroatoms. The van der Waals surface area contributed by atoms with Crippen molar-refractivity contribution < 1.29 is 9.59 Å². The molecule has 0 saturated heterocycles. The van der Waals surface area contributed by atoms with Gasteiger partial charge in [-0.2, -0.15) is 0 Å². The average molecular weight is 414 g/mol. The van der Waals surface area contributed by atoms with Crippen LogP contribution >= 0.6 is 23.2 Å². The minimum Gasteiger partial charge on any atom is -0.294 e. The van der Waals surface area contributed by atoms with Gasteiger partial charge >= 0.3 is 0 Å². The molecule has 144 valence electrons. The Morgan fingerprint density at radius 2 is 1.75 bits per heavy atom. The molecular formula is C23H21Cl2NO2. The van der Waals surface area contributed by atoms with Crippen molar-refractivity contribution in [3.63, 3.8) is 0 Å². The highest BCUT2D eigenvalue weighted by Crippen LogP contribution is 2.49. The summed E-state index contributed by atoms with van der Waals surface area (Å²) in [6.07, 6.45) is 1.33. The number of hydrogen-bond donors (Lipinski definition) is 0. The number of halogens is 2. The summed E-state index contributed by atoms with van der Waals surface area (Å²) in [6.45, 7) is 4.12. The first-order valence-corrected chi connectivity index (χ1v) is 10.1. The molecule has 0 radical (unpaired) electrons. The summed E-state index contributed by atoms with van der Waals surface area (Å²) in [5.41, 5.74) is 2.82. The molecule has 3 nitrogen and oxygen atoms in total. The van der Waals surface area contributed by atoms with Gasteiger partial charge in [-0.25, -0.2) is 0 Å². The minimum atomic E-state index is -0.275. The summed E-state index contributed by atoms with van der Waals surface area (Å²) < 4.78 is 0. The number of benzene rings is 2. The van der Waals surface area contributed by atoms with Gasteiger partial charge in [0.2, 0.25) is 5.91 Å². The third-order valence-electron chi connectivity index (χ3n) is 5.49. The maximum Gasteiger partial charge on any atom is 0.232 e. The Labute approximate surface area is 174 Å². The number of carbonyl (C=O) groups is 2. The highest BCUT2D eigenvalue weighted by atomic mass is 35.5. The second kappa shape index (κ2) is 7.06. The average Bonchev–Trinajstić information content (AvgIpc) is 2.61. The molecule has 2 aliphatic rings. The Morgan fingerprint density at radius 1 is 1.00 bits per heavy atom. The molecule has 0 bridgehead atoms. The van der Waals surface area contributed by atoms with Gasteiger partial charge in [0.15, 0.2) is 5.78 Å². The van der Waals surface area contributed by atoms with Crippen molar-refractivity contribution in [1.29, 1.82) is 0 Å². The normalized spacial score (nSPS) is 21.7. The largest absolute Gasteiger partial charge is 0.294 e. The topological polar surface area (TPSA) is 37.4 Å². The van der Waals surface area contributed by atoms with E-state index in [4.69, 9.17) is 23.2 Å². The lowest BCUT2D eigenvalue weighted by molar-refractivity contribution is -0.121. The summed E-state index contributed by atoms with van der Waals surface area (Å²) in [7, 11) is 0. The summed E-state index contributed by atoms with van der Waals surface area (Å²) in [6, 6.07) is 14.7. The van der Waals surface area contributed by atoms with Crippen LogP contribution in [-0.2, 0) is 9.59 Å². The smallest absolute Gasteiger partial charge is 0.232 e. The van der Waals surface area contributed by atoms with Crippen molar-refractivity contribution in [2.75, 3.05) is 4.90 Å². The van der Waals surface area contributed by atoms with Crippen molar-refractivity contribution in [3.05, 3.63) is 75.4 Å². The molecular weight excluding hydrogens is 393 g/mol. The van der Waals surface area contributed by atoms with Gasteiger partial charge < -0.3 is 0 Å². The van der Waals surface area contributed by atoms with Gasteiger partial charge in [0, 0.05) is 35.1 Å². The van der Waals surface area contributed by atoms with Crippen molar-refractivity contribution in [2.45, 2.75) is 39.0 Å². The first-order chi connectivity index (χ1) is 13.3. The predicted octanol–water partition coefficient (Wildman–Crippen LogP) is 6.16. The Hall–Kier alpha value is -2.10. The number of amides is 1. The summed E-state index contributed by atoms with van der Waals surface area (Å²) in [5, 5.41) is 1.10. The highest BCUT2D eigenvalue weighted by Gasteiger charge is 2.44. The molecule has 28 heavy (non-hydrogen) atoms. The van der Waals surface area contributed by atoms with E-state index in [9.17, 15) is 9.59 Å². The fourth-order valence-electron chi connectivity index (χ4n) is 4.34. The zero-order valence-electron chi connectivity index (χ0n) is 15.8. The van der Waals surface area contributed by atoms with Crippen LogP contribution in [0.15, 0.2) is 59.8 Å². The van der Waals surface area contributed by atoms with Gasteiger partial charge in [0.1, 0.15) is 0 Å². The standard InChI is InChI=1S/C23H21Cl2NO2/c1-23(2)12-19-22(20(27)13-23)16(14-6-5-7-15(24)10-14)11-21(28)26(19)18-9-4-3-8-17(18)25/h3-10,16H,11-13H2,1-2H3. The second-order valence-electron chi connectivity index (χ2n) is 8.29. The van der Waals surface area contributed by atoms with E-state index < -0.39 is 0 Å². The summed E-state index contributed by atoms with van der Waals surface area (Å²) in [5.74, 6) is -0.230. The molecule has 1 amide bonds. The van der Waals surface area contributed by atoms with Crippen LogP contribution in [0.3, 0.4) is 0 Å². The van der Waals surface area contributed by atoms with Gasteiger partial charge in [-0.3, -0.25) is 14.5 Å². The lowest BCUT2D eigenvalue weighted by Gasteiger charge is -2.43. The Bertz CT molecular complexity index is 1010. The molecule has 0 N–H and O–H groups in total. The van der Waals surface area contributed by atoms with E-state index in [1.165, 1.54) is 0 Å². The van der Waals surface area contributed by atoms with E-state index in [1.807, 2.05) is 36.4 Å². The minimum absolute atomic E-state index is 0.0534. The van der Waals surface area contributed by atoms with Crippen LogP contribution in [0.1, 0.15) is 44.6 Å². The fourth-order valence-corrected chi connectivity index (χ4v) is 4.75. The van der Waals surface area contributed by atoms with E-state index >= 15 is 0 Å². The molecule has 2 aromatic rings. The van der Waals surface area contributed by atoms with Crippen LogP contribution in [0.25, 0.3) is 0 Å². The van der Waals surface area contributed by atoms with Crippen LogP contribution in [0.5, 0.6) is 0 Å². The predicted molar refractivity (Wildman–Crippen MR) is 113 cm³/mol. The van der Waals surface area contributed by atoms with Gasteiger partial charge in [0.25, 0.3) is 0 Å². The molecule has 0 spiro atoms. The van der Waals surface area contributed by atoms with Crippen LogP contribution in [0.4, 0.5) is 5.69 Å². The Morgan fingerprint density at radius 3 is 2.46 bits per heavy atom. The number of Topliss-reactive ketones (excluding diaryl/α,β-unsaturated/α-hetero) is 1. The van der Waals surface area contributed by atoms with Crippen molar-refractivity contribution in [1.82, 2.24) is 0 Å². The van der Waals surface area contributed by atoms with E-state index in [1.54, 1.807) is 17.0 Å².